The summed E-state index contributed by atoms with van der Waals surface area (Å²) >= 11 is 0. The Morgan fingerprint density at radius 1 is 0.976 bits per heavy atom. The first-order chi connectivity index (χ1) is 19.9. The van der Waals surface area contributed by atoms with E-state index in [1.165, 1.54) is 70.0 Å². The van der Waals surface area contributed by atoms with Crippen LogP contribution in [0.1, 0.15) is 77.0 Å². The Balaban J connectivity index is 1.15. The SMILES string of the molecule is COC(=O)CC1c2ccc(CCc3cccc(-c4c(C)cc(OCC5CCOCC5)cc4C)c3C)cc2CC12CC2. The quantitative estimate of drug-likeness (QED) is 0.254. The van der Waals surface area contributed by atoms with Crippen LogP contribution in [-0.2, 0) is 33.5 Å². The Bertz CT molecular complexity index is 1400. The monoisotopic (exact) mass is 552 g/mol. The fraction of sp³-hybridized carbons (Fsp3) is 0.486. The van der Waals surface area contributed by atoms with E-state index < -0.39 is 0 Å². The van der Waals surface area contributed by atoms with Crippen molar-refractivity contribution in [2.75, 3.05) is 26.9 Å². The van der Waals surface area contributed by atoms with Gasteiger partial charge in [0, 0.05) is 19.1 Å². The number of carbonyl (C=O) groups excluding carboxylic acids is 1. The normalized spacial score (nSPS) is 19.3. The van der Waals surface area contributed by atoms with E-state index in [2.05, 4.69) is 69.3 Å². The van der Waals surface area contributed by atoms with Gasteiger partial charge >= 0.3 is 5.97 Å². The highest BCUT2D eigenvalue weighted by Gasteiger charge is 2.54. The number of hydrogen-bond donors (Lipinski definition) is 0. The molecule has 1 heterocycles. The number of fused-ring (bicyclic) bond motifs is 1. The van der Waals surface area contributed by atoms with Gasteiger partial charge in [-0.05, 0) is 139 Å². The molecule has 1 atom stereocenters. The summed E-state index contributed by atoms with van der Waals surface area (Å²) < 4.78 is 16.8. The van der Waals surface area contributed by atoms with Crippen LogP contribution in [-0.4, -0.2) is 32.9 Å². The van der Waals surface area contributed by atoms with Crippen LogP contribution in [0.3, 0.4) is 0 Å². The second-order valence-corrected chi connectivity index (χ2v) is 12.8. The predicted molar refractivity (Wildman–Crippen MR) is 164 cm³/mol. The molecule has 1 spiro atoms. The molecule has 1 unspecified atom stereocenters. The highest BCUT2D eigenvalue weighted by atomic mass is 16.5. The molecule has 0 aromatic heterocycles. The summed E-state index contributed by atoms with van der Waals surface area (Å²) in [6, 6.07) is 18.2. The van der Waals surface area contributed by atoms with E-state index in [9.17, 15) is 4.79 Å². The summed E-state index contributed by atoms with van der Waals surface area (Å²) in [6.07, 6.45) is 8.28. The standard InChI is InChI=1S/C37H44O4/c1-24-18-31(41-23-28-12-16-40-17-13-28)19-25(2)36(24)32-7-5-6-29(26(32)3)10-8-27-9-11-33-30(20-27)22-37(14-15-37)34(33)21-35(38)39-4/h5-7,9,11,18-20,28,34H,8,10,12-17,21-23H2,1-4H3. The lowest BCUT2D eigenvalue weighted by atomic mass is 9.86. The molecular weight excluding hydrogens is 508 g/mol. The fourth-order valence-electron chi connectivity index (χ4n) is 7.47. The van der Waals surface area contributed by atoms with Crippen molar-refractivity contribution in [2.24, 2.45) is 11.3 Å². The summed E-state index contributed by atoms with van der Waals surface area (Å²) in [5.41, 5.74) is 12.5. The molecule has 3 aromatic rings. The maximum Gasteiger partial charge on any atom is 0.306 e. The Labute approximate surface area is 245 Å². The maximum atomic E-state index is 12.1. The largest absolute Gasteiger partial charge is 0.493 e. The van der Waals surface area contributed by atoms with Crippen molar-refractivity contribution in [3.63, 3.8) is 0 Å². The van der Waals surface area contributed by atoms with E-state index in [0.29, 0.717) is 23.7 Å². The smallest absolute Gasteiger partial charge is 0.306 e. The molecule has 0 radical (unpaired) electrons. The second kappa shape index (κ2) is 11.6. The van der Waals surface area contributed by atoms with Gasteiger partial charge in [-0.2, -0.15) is 0 Å². The van der Waals surface area contributed by atoms with Crippen molar-refractivity contribution < 1.29 is 19.0 Å². The lowest BCUT2D eigenvalue weighted by Crippen LogP contribution is -2.21. The van der Waals surface area contributed by atoms with E-state index in [4.69, 9.17) is 14.2 Å². The van der Waals surface area contributed by atoms with Crippen molar-refractivity contribution in [2.45, 2.75) is 78.1 Å². The summed E-state index contributed by atoms with van der Waals surface area (Å²) in [5.74, 6) is 1.80. The molecule has 216 valence electrons. The molecule has 4 nitrogen and oxygen atoms in total. The average Bonchev–Trinajstić information content (AvgIpc) is 3.69. The minimum Gasteiger partial charge on any atom is -0.493 e. The molecule has 0 amide bonds. The summed E-state index contributed by atoms with van der Waals surface area (Å²) in [6.45, 7) is 9.17. The highest BCUT2D eigenvalue weighted by Crippen LogP contribution is 2.64. The van der Waals surface area contributed by atoms with Gasteiger partial charge in [0.2, 0.25) is 0 Å². The molecule has 0 bridgehead atoms. The van der Waals surface area contributed by atoms with E-state index in [1.807, 2.05) is 0 Å². The Morgan fingerprint density at radius 3 is 2.44 bits per heavy atom. The first kappa shape index (κ1) is 28.0. The lowest BCUT2D eigenvalue weighted by Gasteiger charge is -2.23. The van der Waals surface area contributed by atoms with E-state index in [-0.39, 0.29) is 5.97 Å². The van der Waals surface area contributed by atoms with Crippen LogP contribution in [0, 0.1) is 32.1 Å². The topological polar surface area (TPSA) is 44.8 Å². The molecule has 0 N–H and O–H groups in total. The number of benzene rings is 3. The number of carbonyl (C=O) groups is 1. The van der Waals surface area contributed by atoms with Crippen molar-refractivity contribution in [3.8, 4) is 16.9 Å². The highest BCUT2D eigenvalue weighted by molar-refractivity contribution is 5.75. The third-order valence-corrected chi connectivity index (χ3v) is 10.1. The van der Waals surface area contributed by atoms with Crippen molar-refractivity contribution >= 4 is 5.97 Å². The van der Waals surface area contributed by atoms with Gasteiger partial charge in [-0.3, -0.25) is 4.79 Å². The third-order valence-electron chi connectivity index (χ3n) is 10.1. The zero-order valence-corrected chi connectivity index (χ0v) is 25.2. The van der Waals surface area contributed by atoms with Crippen LogP contribution >= 0.6 is 0 Å². The van der Waals surface area contributed by atoms with E-state index in [1.54, 1.807) is 0 Å². The van der Waals surface area contributed by atoms with Gasteiger partial charge in [0.15, 0.2) is 0 Å². The zero-order valence-electron chi connectivity index (χ0n) is 25.2. The van der Waals surface area contributed by atoms with Crippen molar-refractivity contribution in [1.82, 2.24) is 0 Å². The third kappa shape index (κ3) is 5.81. The zero-order chi connectivity index (χ0) is 28.6. The Hall–Kier alpha value is -3.11. The molecule has 2 fully saturated rings. The first-order valence-electron chi connectivity index (χ1n) is 15.5. The molecule has 3 aliphatic rings. The number of aryl methyl sites for hydroxylation is 4. The average molecular weight is 553 g/mol. The lowest BCUT2D eigenvalue weighted by molar-refractivity contribution is -0.141. The molecule has 1 aliphatic heterocycles. The molecule has 2 aliphatic carbocycles. The number of esters is 1. The molecule has 1 saturated heterocycles. The predicted octanol–water partition coefficient (Wildman–Crippen LogP) is 7.85. The Morgan fingerprint density at radius 2 is 1.73 bits per heavy atom. The minimum atomic E-state index is -0.0869. The van der Waals surface area contributed by atoms with Gasteiger partial charge in [-0.15, -0.1) is 0 Å². The van der Waals surface area contributed by atoms with Crippen LogP contribution in [0.2, 0.25) is 0 Å². The number of ether oxygens (including phenoxy) is 3. The van der Waals surface area contributed by atoms with Crippen LogP contribution in [0.5, 0.6) is 5.75 Å². The fourth-order valence-corrected chi connectivity index (χ4v) is 7.47. The second-order valence-electron chi connectivity index (χ2n) is 12.8. The molecule has 41 heavy (non-hydrogen) atoms. The summed E-state index contributed by atoms with van der Waals surface area (Å²) in [4.78, 5) is 12.1. The molecular formula is C37H44O4. The molecule has 4 heteroatoms. The number of hydrogen-bond acceptors (Lipinski definition) is 4. The van der Waals surface area contributed by atoms with Gasteiger partial charge < -0.3 is 14.2 Å². The van der Waals surface area contributed by atoms with Gasteiger partial charge in [0.25, 0.3) is 0 Å². The van der Waals surface area contributed by atoms with Gasteiger partial charge in [-0.1, -0.05) is 36.4 Å². The van der Waals surface area contributed by atoms with Gasteiger partial charge in [0.1, 0.15) is 5.75 Å². The molecule has 6 rings (SSSR count). The van der Waals surface area contributed by atoms with Crippen LogP contribution < -0.4 is 4.74 Å². The minimum absolute atomic E-state index is 0.0869. The van der Waals surface area contributed by atoms with Crippen LogP contribution in [0.25, 0.3) is 11.1 Å². The maximum absolute atomic E-state index is 12.1. The van der Waals surface area contributed by atoms with Crippen LogP contribution in [0.4, 0.5) is 0 Å². The number of methoxy groups -OCH3 is 1. The summed E-state index contributed by atoms with van der Waals surface area (Å²) in [7, 11) is 1.50. The van der Waals surface area contributed by atoms with E-state index >= 15 is 0 Å². The van der Waals surface area contributed by atoms with E-state index in [0.717, 1.165) is 57.7 Å². The van der Waals surface area contributed by atoms with Crippen molar-refractivity contribution in [1.29, 1.82) is 0 Å². The van der Waals surface area contributed by atoms with Gasteiger partial charge in [-0.25, -0.2) is 0 Å². The van der Waals surface area contributed by atoms with Gasteiger partial charge in [0.05, 0.1) is 20.1 Å². The molecule has 3 aromatic carbocycles. The molecule has 1 saturated carbocycles. The van der Waals surface area contributed by atoms with Crippen molar-refractivity contribution in [3.05, 3.63) is 87.5 Å². The first-order valence-corrected chi connectivity index (χ1v) is 15.5. The van der Waals surface area contributed by atoms with Crippen LogP contribution in [0.15, 0.2) is 48.5 Å². The Kier molecular flexibility index (Phi) is 7.96. The summed E-state index contributed by atoms with van der Waals surface area (Å²) in [5, 5.41) is 0. The number of rotatable bonds is 9.